The molecule has 5 nitrogen and oxygen atoms in total. The molecule has 2 N–H and O–H groups in total. The predicted octanol–water partition coefficient (Wildman–Crippen LogP) is 2.87. The molecule has 5 heteroatoms. The number of rotatable bonds is 5. The van der Waals surface area contributed by atoms with Crippen LogP contribution in [0.15, 0.2) is 30.5 Å². The monoisotopic (exact) mass is 290 g/mol. The fourth-order valence-corrected chi connectivity index (χ4v) is 1.99. The fraction of sp³-hybridized carbons (Fsp3) is 0.312. The molecular weight excluding hydrogens is 268 g/mol. The van der Waals surface area contributed by atoms with E-state index in [9.17, 15) is 0 Å². The molecule has 0 spiro atoms. The van der Waals surface area contributed by atoms with Crippen molar-refractivity contribution in [2.45, 2.75) is 14.0 Å². The summed E-state index contributed by atoms with van der Waals surface area (Å²) in [5.41, 5.74) is 8.37. The first-order valence-electron chi connectivity index (χ1n) is 6.18. The summed E-state index contributed by atoms with van der Waals surface area (Å²) in [5, 5.41) is 0. The maximum absolute atomic E-state index is 5.66. The molecule has 1 heterocycles. The zero-order chi connectivity index (χ0) is 14.5. The quantitative estimate of drug-likeness (QED) is 0.917. The van der Waals surface area contributed by atoms with Gasteiger partial charge < -0.3 is 19.9 Å². The molecule has 114 valence electrons. The van der Waals surface area contributed by atoms with E-state index in [-0.39, 0.29) is 7.43 Å². The van der Waals surface area contributed by atoms with E-state index < -0.39 is 0 Å². The molecule has 0 aliphatic carbocycles. The van der Waals surface area contributed by atoms with Gasteiger partial charge in [0.2, 0.25) is 5.75 Å². The van der Waals surface area contributed by atoms with E-state index in [1.807, 2.05) is 24.3 Å². The number of pyridine rings is 1. The number of methoxy groups -OCH3 is 3. The van der Waals surface area contributed by atoms with Gasteiger partial charge in [-0.1, -0.05) is 7.43 Å². The molecule has 21 heavy (non-hydrogen) atoms. The van der Waals surface area contributed by atoms with Gasteiger partial charge in [-0.3, -0.25) is 4.98 Å². The van der Waals surface area contributed by atoms with Gasteiger partial charge in [0.25, 0.3) is 0 Å². The van der Waals surface area contributed by atoms with Crippen molar-refractivity contribution in [1.29, 1.82) is 0 Å². The molecule has 2 rings (SSSR count). The fourth-order valence-electron chi connectivity index (χ4n) is 1.99. The number of ether oxygens (including phenoxy) is 3. The van der Waals surface area contributed by atoms with Crippen LogP contribution >= 0.6 is 0 Å². The number of hydrogen-bond donors (Lipinski definition) is 1. The normalized spacial score (nSPS) is 9.71. The molecule has 2 aromatic rings. The van der Waals surface area contributed by atoms with Gasteiger partial charge in [-0.15, -0.1) is 0 Å². The van der Waals surface area contributed by atoms with Crippen molar-refractivity contribution in [3.8, 4) is 28.5 Å². The summed E-state index contributed by atoms with van der Waals surface area (Å²) in [4.78, 5) is 4.36. The summed E-state index contributed by atoms with van der Waals surface area (Å²) in [6, 6.07) is 7.57. The summed E-state index contributed by atoms with van der Waals surface area (Å²) in [6.45, 7) is 0.472. The van der Waals surface area contributed by atoms with Crippen molar-refractivity contribution < 1.29 is 14.2 Å². The minimum absolute atomic E-state index is 0. The second kappa shape index (κ2) is 7.50. The molecular formula is C16H22N2O3. The number of nitrogens with two attached hydrogens (primary N) is 1. The predicted molar refractivity (Wildman–Crippen MR) is 84.0 cm³/mol. The average molecular weight is 290 g/mol. The number of aromatic nitrogens is 1. The Morgan fingerprint density at radius 3 is 2.10 bits per heavy atom. The van der Waals surface area contributed by atoms with Crippen LogP contribution < -0.4 is 19.9 Å². The van der Waals surface area contributed by atoms with Crippen molar-refractivity contribution in [3.05, 3.63) is 36.0 Å². The van der Waals surface area contributed by atoms with Gasteiger partial charge in [0, 0.05) is 18.3 Å². The molecule has 1 aromatic carbocycles. The van der Waals surface area contributed by atoms with Gasteiger partial charge in [-0.05, 0) is 29.8 Å². The highest BCUT2D eigenvalue weighted by molar-refractivity contribution is 5.69. The lowest BCUT2D eigenvalue weighted by Crippen LogP contribution is -1.98. The van der Waals surface area contributed by atoms with Gasteiger partial charge in [0.05, 0.1) is 27.0 Å². The molecule has 0 aliphatic heterocycles. The number of hydrogen-bond acceptors (Lipinski definition) is 5. The zero-order valence-electron chi connectivity index (χ0n) is 11.8. The Balaban J connectivity index is 0.00000220. The molecule has 0 bridgehead atoms. The maximum atomic E-state index is 5.66. The summed E-state index contributed by atoms with van der Waals surface area (Å²) in [5.74, 6) is 1.76. The van der Waals surface area contributed by atoms with Gasteiger partial charge in [-0.2, -0.15) is 0 Å². The SMILES string of the molecule is C.COc1cc(-c2cc(CN)ccn2)cc(OC)c1OC. The molecule has 0 saturated heterocycles. The van der Waals surface area contributed by atoms with Crippen LogP contribution in [0.1, 0.15) is 13.0 Å². The molecule has 0 saturated carbocycles. The molecule has 0 amide bonds. The van der Waals surface area contributed by atoms with Crippen LogP contribution in [0, 0.1) is 0 Å². The van der Waals surface area contributed by atoms with Crippen LogP contribution in [0.5, 0.6) is 17.2 Å². The van der Waals surface area contributed by atoms with Gasteiger partial charge >= 0.3 is 0 Å². The minimum Gasteiger partial charge on any atom is -0.493 e. The minimum atomic E-state index is 0. The van der Waals surface area contributed by atoms with Gasteiger partial charge in [0.15, 0.2) is 11.5 Å². The van der Waals surface area contributed by atoms with E-state index in [1.54, 1.807) is 27.5 Å². The van der Waals surface area contributed by atoms with Crippen LogP contribution in [-0.2, 0) is 6.54 Å². The van der Waals surface area contributed by atoms with E-state index in [1.165, 1.54) is 0 Å². The van der Waals surface area contributed by atoms with E-state index in [2.05, 4.69) is 4.98 Å². The van der Waals surface area contributed by atoms with Crippen molar-refractivity contribution in [2.24, 2.45) is 5.73 Å². The Morgan fingerprint density at radius 2 is 1.62 bits per heavy atom. The molecule has 0 unspecified atom stereocenters. The third kappa shape index (κ3) is 3.44. The van der Waals surface area contributed by atoms with Crippen LogP contribution in [0.2, 0.25) is 0 Å². The Morgan fingerprint density at radius 1 is 1.00 bits per heavy atom. The third-order valence-electron chi connectivity index (χ3n) is 3.02. The van der Waals surface area contributed by atoms with Crippen LogP contribution in [-0.4, -0.2) is 26.3 Å². The second-order valence-electron chi connectivity index (χ2n) is 4.17. The first-order chi connectivity index (χ1) is 9.73. The maximum Gasteiger partial charge on any atom is 0.203 e. The van der Waals surface area contributed by atoms with E-state index in [4.69, 9.17) is 19.9 Å². The molecule has 1 aromatic heterocycles. The average Bonchev–Trinajstić information content (AvgIpc) is 2.53. The first-order valence-corrected chi connectivity index (χ1v) is 6.18. The zero-order valence-corrected chi connectivity index (χ0v) is 11.8. The van der Waals surface area contributed by atoms with Crippen molar-refractivity contribution in [2.75, 3.05) is 21.3 Å². The third-order valence-corrected chi connectivity index (χ3v) is 3.02. The lowest BCUT2D eigenvalue weighted by molar-refractivity contribution is 0.324. The Kier molecular flexibility index (Phi) is 5.99. The number of benzene rings is 1. The highest BCUT2D eigenvalue weighted by Crippen LogP contribution is 2.40. The molecule has 0 aliphatic rings. The highest BCUT2D eigenvalue weighted by Gasteiger charge is 2.14. The van der Waals surface area contributed by atoms with Crippen molar-refractivity contribution in [3.63, 3.8) is 0 Å². The summed E-state index contributed by atoms with van der Waals surface area (Å²) < 4.78 is 16.0. The second-order valence-corrected chi connectivity index (χ2v) is 4.17. The lowest BCUT2D eigenvalue weighted by atomic mass is 10.1. The van der Waals surface area contributed by atoms with Gasteiger partial charge in [-0.25, -0.2) is 0 Å². The molecule has 0 radical (unpaired) electrons. The van der Waals surface area contributed by atoms with E-state index in [0.717, 1.165) is 16.8 Å². The molecule has 0 atom stereocenters. The number of nitrogens with zero attached hydrogens (tertiary/aromatic N) is 1. The summed E-state index contributed by atoms with van der Waals surface area (Å²) >= 11 is 0. The summed E-state index contributed by atoms with van der Waals surface area (Å²) in [7, 11) is 4.75. The van der Waals surface area contributed by atoms with E-state index in [0.29, 0.717) is 23.8 Å². The topological polar surface area (TPSA) is 66.6 Å². The van der Waals surface area contributed by atoms with Crippen molar-refractivity contribution in [1.82, 2.24) is 4.98 Å². The van der Waals surface area contributed by atoms with Crippen LogP contribution in [0.4, 0.5) is 0 Å². The van der Waals surface area contributed by atoms with Crippen molar-refractivity contribution >= 4 is 0 Å². The summed E-state index contributed by atoms with van der Waals surface area (Å²) in [6.07, 6.45) is 1.74. The van der Waals surface area contributed by atoms with Crippen LogP contribution in [0.25, 0.3) is 11.3 Å². The standard InChI is InChI=1S/C15H18N2O3.CH4/c1-18-13-7-11(8-14(19-2)15(13)20-3)12-6-10(9-16)4-5-17-12;/h4-8H,9,16H2,1-3H3;1H4. The molecule has 0 fully saturated rings. The smallest absolute Gasteiger partial charge is 0.203 e. The highest BCUT2D eigenvalue weighted by atomic mass is 16.5. The first kappa shape index (κ1) is 16.8. The van der Waals surface area contributed by atoms with E-state index >= 15 is 0 Å². The Hall–Kier alpha value is -2.27. The Bertz CT molecular complexity index is 575. The van der Waals surface area contributed by atoms with Crippen LogP contribution in [0.3, 0.4) is 0 Å². The lowest BCUT2D eigenvalue weighted by Gasteiger charge is -2.14. The van der Waals surface area contributed by atoms with Gasteiger partial charge in [0.1, 0.15) is 0 Å². The largest absolute Gasteiger partial charge is 0.493 e. The Labute approximate surface area is 125 Å².